The van der Waals surface area contributed by atoms with Crippen LogP contribution in [-0.4, -0.2) is 30.0 Å². The summed E-state index contributed by atoms with van der Waals surface area (Å²) in [5.41, 5.74) is 0.830. The molecule has 4 heteroatoms. The van der Waals surface area contributed by atoms with Crippen LogP contribution in [0, 0.1) is 0 Å². The van der Waals surface area contributed by atoms with Gasteiger partial charge in [0.15, 0.2) is 5.84 Å². The summed E-state index contributed by atoms with van der Waals surface area (Å²) in [5.74, 6) is 0.511. The highest BCUT2D eigenvalue weighted by Gasteiger charge is 2.05. The maximum absolute atomic E-state index is 8.73. The monoisotopic (exact) mass is 198 g/mol. The van der Waals surface area contributed by atoms with Crippen LogP contribution >= 0.6 is 11.6 Å². The lowest BCUT2D eigenvalue weighted by Gasteiger charge is -2.13. The van der Waals surface area contributed by atoms with Gasteiger partial charge in [0.05, 0.1) is 0 Å². The van der Waals surface area contributed by atoms with Gasteiger partial charge in [-0.15, -0.1) is 0 Å². The summed E-state index contributed by atoms with van der Waals surface area (Å²) < 4.78 is 0. The maximum Gasteiger partial charge on any atom is 0.174 e. The first-order valence-corrected chi connectivity index (χ1v) is 4.18. The molecule has 3 nitrogen and oxygen atoms in total. The van der Waals surface area contributed by atoms with E-state index in [9.17, 15) is 0 Å². The normalized spacial score (nSPS) is 11.5. The summed E-state index contributed by atoms with van der Waals surface area (Å²) in [7, 11) is 3.62. The number of rotatable bonds is 1. The number of amidine groups is 1. The number of hydrogen-bond donors (Lipinski definition) is 1. The smallest absolute Gasteiger partial charge is 0.174 e. The molecule has 0 aliphatic carbocycles. The van der Waals surface area contributed by atoms with E-state index >= 15 is 0 Å². The topological polar surface area (TPSA) is 35.8 Å². The second-order valence-electron chi connectivity index (χ2n) is 2.82. The fraction of sp³-hybridized carbons (Fsp3) is 0.222. The Morgan fingerprint density at radius 2 is 1.85 bits per heavy atom. The summed E-state index contributed by atoms with van der Waals surface area (Å²) in [5, 5.41) is 12.6. The standard InChI is InChI=1S/C9H11ClN2O/c1-12(2)9(11-13)7-3-5-8(10)6-4-7/h3-6,13H,1-2H3. The van der Waals surface area contributed by atoms with E-state index in [1.165, 1.54) is 0 Å². The summed E-state index contributed by atoms with van der Waals surface area (Å²) in [6.45, 7) is 0. The minimum atomic E-state index is 0.511. The molecule has 0 saturated carbocycles. The van der Waals surface area contributed by atoms with Crippen molar-refractivity contribution >= 4 is 17.4 Å². The number of oxime groups is 1. The lowest BCUT2D eigenvalue weighted by molar-refractivity contribution is 0.310. The first-order chi connectivity index (χ1) is 6.15. The van der Waals surface area contributed by atoms with Crippen molar-refractivity contribution in [1.82, 2.24) is 4.90 Å². The molecule has 0 bridgehead atoms. The Bertz CT molecular complexity index is 306. The van der Waals surface area contributed by atoms with Gasteiger partial charge in [-0.3, -0.25) is 0 Å². The number of nitrogens with zero attached hydrogens (tertiary/aromatic N) is 2. The summed E-state index contributed by atoms with van der Waals surface area (Å²) in [6.07, 6.45) is 0. The zero-order valence-electron chi connectivity index (χ0n) is 7.53. The highest BCUT2D eigenvalue weighted by Crippen LogP contribution is 2.10. The molecule has 0 atom stereocenters. The predicted molar refractivity (Wildman–Crippen MR) is 53.5 cm³/mol. The van der Waals surface area contributed by atoms with Crippen molar-refractivity contribution in [2.75, 3.05) is 14.1 Å². The molecule has 0 aliphatic rings. The number of benzene rings is 1. The van der Waals surface area contributed by atoms with Gasteiger partial charge in [0.25, 0.3) is 0 Å². The van der Waals surface area contributed by atoms with Crippen molar-refractivity contribution in [3.63, 3.8) is 0 Å². The van der Waals surface area contributed by atoms with E-state index in [0.29, 0.717) is 10.9 Å². The fourth-order valence-corrected chi connectivity index (χ4v) is 1.13. The van der Waals surface area contributed by atoms with E-state index in [2.05, 4.69) is 5.16 Å². The van der Waals surface area contributed by atoms with E-state index in [1.54, 1.807) is 29.2 Å². The van der Waals surface area contributed by atoms with Crippen LogP contribution < -0.4 is 0 Å². The largest absolute Gasteiger partial charge is 0.409 e. The molecule has 0 unspecified atom stereocenters. The van der Waals surface area contributed by atoms with Gasteiger partial charge < -0.3 is 10.1 Å². The molecular weight excluding hydrogens is 188 g/mol. The summed E-state index contributed by atoms with van der Waals surface area (Å²) in [6, 6.07) is 7.12. The van der Waals surface area contributed by atoms with Crippen LogP contribution in [0.2, 0.25) is 5.02 Å². The van der Waals surface area contributed by atoms with Crippen LogP contribution in [0.15, 0.2) is 29.4 Å². The third-order valence-corrected chi connectivity index (χ3v) is 1.87. The fourth-order valence-electron chi connectivity index (χ4n) is 1.00. The molecule has 0 fully saturated rings. The molecule has 1 aromatic rings. The molecule has 70 valence electrons. The molecule has 0 amide bonds. The highest BCUT2D eigenvalue weighted by atomic mass is 35.5. The number of hydrogen-bond acceptors (Lipinski definition) is 2. The van der Waals surface area contributed by atoms with Gasteiger partial charge >= 0.3 is 0 Å². The number of halogens is 1. The summed E-state index contributed by atoms with van der Waals surface area (Å²) >= 11 is 5.72. The predicted octanol–water partition coefficient (Wildman–Crippen LogP) is 2.04. The quantitative estimate of drug-likeness (QED) is 0.325. The van der Waals surface area contributed by atoms with Crippen molar-refractivity contribution in [1.29, 1.82) is 0 Å². The van der Waals surface area contributed by atoms with Crippen molar-refractivity contribution in [2.45, 2.75) is 0 Å². The zero-order valence-corrected chi connectivity index (χ0v) is 8.28. The molecule has 0 aliphatic heterocycles. The first-order valence-electron chi connectivity index (χ1n) is 3.80. The molecule has 1 N–H and O–H groups in total. The van der Waals surface area contributed by atoms with E-state index in [-0.39, 0.29) is 0 Å². The minimum Gasteiger partial charge on any atom is -0.409 e. The molecule has 0 aromatic heterocycles. The molecular formula is C9H11ClN2O. The molecule has 1 rings (SSSR count). The van der Waals surface area contributed by atoms with Crippen molar-refractivity contribution in [3.8, 4) is 0 Å². The van der Waals surface area contributed by atoms with Gasteiger partial charge in [-0.05, 0) is 24.3 Å². The van der Waals surface area contributed by atoms with Crippen molar-refractivity contribution < 1.29 is 5.21 Å². The minimum absolute atomic E-state index is 0.511. The van der Waals surface area contributed by atoms with Crippen molar-refractivity contribution in [2.24, 2.45) is 5.16 Å². The Morgan fingerprint density at radius 1 is 1.31 bits per heavy atom. The van der Waals surface area contributed by atoms with Gasteiger partial charge in [0.2, 0.25) is 0 Å². The van der Waals surface area contributed by atoms with E-state index in [1.807, 2.05) is 14.1 Å². The van der Waals surface area contributed by atoms with Crippen molar-refractivity contribution in [3.05, 3.63) is 34.9 Å². The van der Waals surface area contributed by atoms with Crippen LogP contribution in [0.4, 0.5) is 0 Å². The van der Waals surface area contributed by atoms with Gasteiger partial charge in [-0.1, -0.05) is 16.8 Å². The van der Waals surface area contributed by atoms with E-state index < -0.39 is 0 Å². The van der Waals surface area contributed by atoms with Crippen LogP contribution in [0.3, 0.4) is 0 Å². The Balaban J connectivity index is 3.00. The van der Waals surface area contributed by atoms with Gasteiger partial charge in [-0.2, -0.15) is 0 Å². The molecule has 13 heavy (non-hydrogen) atoms. The maximum atomic E-state index is 8.73. The van der Waals surface area contributed by atoms with Crippen LogP contribution in [-0.2, 0) is 0 Å². The third kappa shape index (κ3) is 2.36. The average Bonchev–Trinajstić information content (AvgIpc) is 2.09. The van der Waals surface area contributed by atoms with Crippen LogP contribution in [0.25, 0.3) is 0 Å². The van der Waals surface area contributed by atoms with Crippen LogP contribution in [0.1, 0.15) is 5.56 Å². The lowest BCUT2D eigenvalue weighted by Crippen LogP contribution is -2.22. The lowest BCUT2D eigenvalue weighted by atomic mass is 10.2. The Labute approximate surface area is 82.2 Å². The zero-order chi connectivity index (χ0) is 9.84. The molecule has 1 aromatic carbocycles. The SMILES string of the molecule is CN(C)C(=NO)c1ccc(Cl)cc1. The Hall–Kier alpha value is -1.22. The van der Waals surface area contributed by atoms with Gasteiger partial charge in [0.1, 0.15) is 0 Å². The molecule has 0 heterocycles. The summed E-state index contributed by atoms with van der Waals surface area (Å²) in [4.78, 5) is 1.73. The average molecular weight is 199 g/mol. The second kappa shape index (κ2) is 4.14. The van der Waals surface area contributed by atoms with Crippen LogP contribution in [0.5, 0.6) is 0 Å². The molecule has 0 saturated heterocycles. The first kappa shape index (κ1) is 9.86. The molecule has 0 spiro atoms. The molecule has 0 radical (unpaired) electrons. The third-order valence-electron chi connectivity index (χ3n) is 1.62. The van der Waals surface area contributed by atoms with Gasteiger partial charge in [-0.25, -0.2) is 0 Å². The van der Waals surface area contributed by atoms with E-state index in [4.69, 9.17) is 16.8 Å². The second-order valence-corrected chi connectivity index (χ2v) is 3.26. The highest BCUT2D eigenvalue weighted by molar-refractivity contribution is 6.30. The van der Waals surface area contributed by atoms with E-state index in [0.717, 1.165) is 5.56 Å². The van der Waals surface area contributed by atoms with Gasteiger partial charge in [0, 0.05) is 24.7 Å². The Morgan fingerprint density at radius 3 is 2.23 bits per heavy atom. The Kier molecular flexibility index (Phi) is 3.14.